The van der Waals surface area contributed by atoms with Gasteiger partial charge in [0, 0.05) is 0 Å². The van der Waals surface area contributed by atoms with Crippen LogP contribution in [-0.4, -0.2) is 23.9 Å². The molecule has 0 bridgehead atoms. The van der Waals surface area contributed by atoms with Gasteiger partial charge >= 0.3 is 12.1 Å². The van der Waals surface area contributed by atoms with E-state index < -0.39 is 30.5 Å². The smallest absolute Gasteiger partial charge is 0.422 e. The van der Waals surface area contributed by atoms with Gasteiger partial charge in [-0.1, -0.05) is 6.92 Å². The summed E-state index contributed by atoms with van der Waals surface area (Å²) in [5, 5.41) is 8.71. The molecule has 106 valence electrons. The Bertz CT molecular complexity index is 457. The van der Waals surface area contributed by atoms with Crippen molar-refractivity contribution >= 4 is 5.97 Å². The maximum absolute atomic E-state index is 13.4. The van der Waals surface area contributed by atoms with E-state index in [0.717, 1.165) is 18.2 Å². The maximum Gasteiger partial charge on any atom is 0.422 e. The van der Waals surface area contributed by atoms with E-state index in [1.807, 2.05) is 0 Å². The first kappa shape index (κ1) is 15.3. The van der Waals surface area contributed by atoms with Gasteiger partial charge in [-0.05, 0) is 30.2 Å². The lowest BCUT2D eigenvalue weighted by molar-refractivity contribution is -0.153. The van der Waals surface area contributed by atoms with Crippen molar-refractivity contribution in [2.45, 2.75) is 19.5 Å². The topological polar surface area (TPSA) is 46.5 Å². The quantitative estimate of drug-likeness (QED) is 0.843. The van der Waals surface area contributed by atoms with E-state index in [-0.39, 0.29) is 17.7 Å². The van der Waals surface area contributed by atoms with Crippen molar-refractivity contribution in [2.24, 2.45) is 5.92 Å². The summed E-state index contributed by atoms with van der Waals surface area (Å²) in [7, 11) is 0. The lowest BCUT2D eigenvalue weighted by atomic mass is 10.0. The molecule has 1 unspecified atom stereocenters. The fourth-order valence-electron chi connectivity index (χ4n) is 1.38. The Labute approximate surface area is 106 Å². The molecule has 0 spiro atoms. The Kier molecular flexibility index (Phi) is 4.74. The van der Waals surface area contributed by atoms with Crippen molar-refractivity contribution in [3.05, 3.63) is 29.6 Å². The highest BCUT2D eigenvalue weighted by Crippen LogP contribution is 2.22. The first-order valence-corrected chi connectivity index (χ1v) is 5.40. The van der Waals surface area contributed by atoms with Gasteiger partial charge in [-0.15, -0.1) is 0 Å². The molecule has 1 atom stereocenters. The molecule has 7 heteroatoms. The molecule has 0 aliphatic carbocycles. The van der Waals surface area contributed by atoms with Crippen LogP contribution in [0.1, 0.15) is 12.5 Å². The first-order chi connectivity index (χ1) is 8.69. The van der Waals surface area contributed by atoms with Crippen molar-refractivity contribution in [2.75, 3.05) is 6.61 Å². The number of rotatable bonds is 5. The van der Waals surface area contributed by atoms with E-state index in [1.165, 1.54) is 6.92 Å². The Morgan fingerprint density at radius 1 is 1.42 bits per heavy atom. The van der Waals surface area contributed by atoms with Crippen LogP contribution in [0, 0.1) is 11.7 Å². The predicted octanol–water partition coefficient (Wildman–Crippen LogP) is 3.03. The van der Waals surface area contributed by atoms with Crippen LogP contribution >= 0.6 is 0 Å². The standard InChI is InChI=1S/C12H12F4O3/c1-7(11(17)18)4-8-5-9(2-3-10(8)13)19-6-12(14,15)16/h2-3,5,7H,4,6H2,1H3,(H,17,18). The lowest BCUT2D eigenvalue weighted by Crippen LogP contribution is -2.19. The molecule has 0 aliphatic heterocycles. The molecule has 0 radical (unpaired) electrons. The van der Waals surface area contributed by atoms with Crippen LogP contribution in [0.3, 0.4) is 0 Å². The normalized spacial score (nSPS) is 13.1. The molecule has 0 saturated heterocycles. The number of carboxylic acids is 1. The molecule has 1 aromatic carbocycles. The number of carbonyl (C=O) groups is 1. The predicted molar refractivity (Wildman–Crippen MR) is 58.5 cm³/mol. The Morgan fingerprint density at radius 2 is 2.05 bits per heavy atom. The summed E-state index contributed by atoms with van der Waals surface area (Å²) in [5.74, 6) is -2.77. The van der Waals surface area contributed by atoms with Crippen LogP contribution in [0.5, 0.6) is 5.75 Å². The number of hydrogen-bond donors (Lipinski definition) is 1. The van der Waals surface area contributed by atoms with Gasteiger partial charge in [-0.25, -0.2) is 4.39 Å². The van der Waals surface area contributed by atoms with Crippen LogP contribution in [0.2, 0.25) is 0 Å². The second-order valence-corrected chi connectivity index (χ2v) is 4.10. The van der Waals surface area contributed by atoms with Crippen molar-refractivity contribution in [1.29, 1.82) is 0 Å². The minimum absolute atomic E-state index is 0.00887. The molecule has 19 heavy (non-hydrogen) atoms. The van der Waals surface area contributed by atoms with E-state index in [9.17, 15) is 22.4 Å². The minimum atomic E-state index is -4.48. The summed E-state index contributed by atoms with van der Waals surface area (Å²) in [6.07, 6.45) is -4.60. The summed E-state index contributed by atoms with van der Waals surface area (Å²) >= 11 is 0. The van der Waals surface area contributed by atoms with Gasteiger partial charge in [0.05, 0.1) is 5.92 Å². The SMILES string of the molecule is CC(Cc1cc(OCC(F)(F)F)ccc1F)C(=O)O. The maximum atomic E-state index is 13.4. The summed E-state index contributed by atoms with van der Waals surface area (Å²) in [5.41, 5.74) is 0.00887. The van der Waals surface area contributed by atoms with Crippen LogP contribution < -0.4 is 4.74 Å². The van der Waals surface area contributed by atoms with Crippen molar-refractivity contribution < 1.29 is 32.2 Å². The Balaban J connectivity index is 2.79. The van der Waals surface area contributed by atoms with Gasteiger partial charge in [-0.3, -0.25) is 4.79 Å². The molecule has 1 rings (SSSR count). The molecule has 0 heterocycles. The molecule has 0 saturated carbocycles. The van der Waals surface area contributed by atoms with E-state index in [0.29, 0.717) is 0 Å². The molecule has 0 aliphatic rings. The molecule has 1 aromatic rings. The number of carboxylic acid groups (broad SMARTS) is 1. The third-order valence-corrected chi connectivity index (χ3v) is 2.37. The molecular formula is C12H12F4O3. The van der Waals surface area contributed by atoms with Crippen LogP contribution in [-0.2, 0) is 11.2 Å². The van der Waals surface area contributed by atoms with Crippen LogP contribution in [0.4, 0.5) is 17.6 Å². The third-order valence-electron chi connectivity index (χ3n) is 2.37. The van der Waals surface area contributed by atoms with Crippen LogP contribution in [0.25, 0.3) is 0 Å². The zero-order valence-corrected chi connectivity index (χ0v) is 10.00. The molecule has 0 fully saturated rings. The monoisotopic (exact) mass is 280 g/mol. The van der Waals surface area contributed by atoms with Gasteiger partial charge in [0.1, 0.15) is 11.6 Å². The van der Waals surface area contributed by atoms with Gasteiger partial charge in [0.2, 0.25) is 0 Å². The molecular weight excluding hydrogens is 268 g/mol. The van der Waals surface area contributed by atoms with Gasteiger partial charge in [0.25, 0.3) is 0 Å². The van der Waals surface area contributed by atoms with E-state index in [1.54, 1.807) is 0 Å². The van der Waals surface area contributed by atoms with Gasteiger partial charge in [0.15, 0.2) is 6.61 Å². The molecule has 0 aromatic heterocycles. The number of aliphatic carboxylic acids is 1. The fraction of sp³-hybridized carbons (Fsp3) is 0.417. The van der Waals surface area contributed by atoms with E-state index in [4.69, 9.17) is 5.11 Å². The zero-order valence-electron chi connectivity index (χ0n) is 10.00. The first-order valence-electron chi connectivity index (χ1n) is 5.40. The van der Waals surface area contributed by atoms with Crippen molar-refractivity contribution in [3.63, 3.8) is 0 Å². The van der Waals surface area contributed by atoms with Crippen LogP contribution in [0.15, 0.2) is 18.2 Å². The number of ether oxygens (including phenoxy) is 1. The summed E-state index contributed by atoms with van der Waals surface area (Å²) in [6.45, 7) is -0.0996. The highest BCUT2D eigenvalue weighted by molar-refractivity contribution is 5.69. The van der Waals surface area contributed by atoms with E-state index in [2.05, 4.69) is 4.74 Å². The Hall–Kier alpha value is -1.79. The molecule has 0 amide bonds. The highest BCUT2D eigenvalue weighted by atomic mass is 19.4. The number of benzene rings is 1. The highest BCUT2D eigenvalue weighted by Gasteiger charge is 2.28. The average Bonchev–Trinajstić information content (AvgIpc) is 2.28. The zero-order chi connectivity index (χ0) is 14.6. The second kappa shape index (κ2) is 5.90. The second-order valence-electron chi connectivity index (χ2n) is 4.10. The number of hydrogen-bond acceptors (Lipinski definition) is 2. The van der Waals surface area contributed by atoms with Crippen molar-refractivity contribution in [1.82, 2.24) is 0 Å². The van der Waals surface area contributed by atoms with E-state index >= 15 is 0 Å². The Morgan fingerprint density at radius 3 is 2.58 bits per heavy atom. The fourth-order valence-corrected chi connectivity index (χ4v) is 1.38. The number of alkyl halides is 3. The average molecular weight is 280 g/mol. The largest absolute Gasteiger partial charge is 0.484 e. The minimum Gasteiger partial charge on any atom is -0.484 e. The molecule has 1 N–H and O–H groups in total. The number of halogens is 4. The van der Waals surface area contributed by atoms with Gasteiger partial charge < -0.3 is 9.84 Å². The van der Waals surface area contributed by atoms with Gasteiger partial charge in [-0.2, -0.15) is 13.2 Å². The summed E-state index contributed by atoms with van der Waals surface area (Å²) < 4.78 is 53.7. The molecule has 3 nitrogen and oxygen atoms in total. The third kappa shape index (κ3) is 5.15. The summed E-state index contributed by atoms with van der Waals surface area (Å²) in [4.78, 5) is 10.7. The summed E-state index contributed by atoms with van der Waals surface area (Å²) in [6, 6.07) is 3.10. The van der Waals surface area contributed by atoms with Crippen molar-refractivity contribution in [3.8, 4) is 5.75 Å². The lowest BCUT2D eigenvalue weighted by Gasteiger charge is -2.12.